The molecule has 0 aliphatic heterocycles. The van der Waals surface area contributed by atoms with Crippen LogP contribution in [0.25, 0.3) is 0 Å². The molecule has 9 nitrogen and oxygen atoms in total. The van der Waals surface area contributed by atoms with Gasteiger partial charge in [0.05, 0.1) is 24.5 Å². The van der Waals surface area contributed by atoms with Crippen LogP contribution in [0, 0.1) is 5.92 Å². The van der Waals surface area contributed by atoms with Gasteiger partial charge in [0.2, 0.25) is 0 Å². The van der Waals surface area contributed by atoms with E-state index < -0.39 is 30.2 Å². The molecule has 4 rings (SSSR count). The van der Waals surface area contributed by atoms with Crippen LogP contribution in [0.1, 0.15) is 42.5 Å². The lowest BCUT2D eigenvalue weighted by Gasteiger charge is -2.23. The van der Waals surface area contributed by atoms with Crippen molar-refractivity contribution in [3.8, 4) is 11.5 Å². The lowest BCUT2D eigenvalue weighted by atomic mass is 9.98. The Morgan fingerprint density at radius 3 is 2.35 bits per heavy atom. The number of benzene rings is 3. The Labute approximate surface area is 251 Å². The average molecular weight is 588 g/mol. The second-order valence-corrected chi connectivity index (χ2v) is 10.3. The van der Waals surface area contributed by atoms with Crippen molar-refractivity contribution < 1.29 is 38.8 Å². The van der Waals surface area contributed by atoms with Crippen LogP contribution in [0.5, 0.6) is 11.5 Å². The van der Waals surface area contributed by atoms with Crippen molar-refractivity contribution in [1.82, 2.24) is 0 Å². The first kappa shape index (κ1) is 31.6. The molecule has 1 aliphatic carbocycles. The monoisotopic (exact) mass is 587 g/mol. The van der Waals surface area contributed by atoms with Crippen molar-refractivity contribution in [1.29, 1.82) is 0 Å². The van der Waals surface area contributed by atoms with E-state index in [1.165, 1.54) is 0 Å². The number of hydrogen-bond acceptors (Lipinski definition) is 8. The normalized spacial score (nSPS) is 18.8. The molecule has 43 heavy (non-hydrogen) atoms. The summed E-state index contributed by atoms with van der Waals surface area (Å²) in [6.07, 6.45) is 2.85. The lowest BCUT2D eigenvalue weighted by Crippen LogP contribution is -2.34. The Bertz CT molecular complexity index is 1360. The summed E-state index contributed by atoms with van der Waals surface area (Å²) in [5.41, 5.74) is 0.892. The van der Waals surface area contributed by atoms with Crippen LogP contribution in [0.2, 0.25) is 0 Å². The molecule has 0 spiro atoms. The number of para-hydroxylation sites is 3. The minimum Gasteiger partial charge on any atom is -0.491 e. The molecule has 0 bridgehead atoms. The Hall–Kier alpha value is -4.31. The van der Waals surface area contributed by atoms with Crippen molar-refractivity contribution in [3.63, 3.8) is 0 Å². The topological polar surface area (TPSA) is 131 Å². The zero-order chi connectivity index (χ0) is 30.4. The Morgan fingerprint density at radius 2 is 1.58 bits per heavy atom. The van der Waals surface area contributed by atoms with E-state index in [-0.39, 0.29) is 43.5 Å². The van der Waals surface area contributed by atoms with Crippen LogP contribution in [-0.4, -0.2) is 59.4 Å². The summed E-state index contributed by atoms with van der Waals surface area (Å²) in [5, 5.41) is 23.4. The second kappa shape index (κ2) is 16.4. The molecule has 1 amide bonds. The van der Waals surface area contributed by atoms with Gasteiger partial charge in [-0.3, -0.25) is 14.4 Å². The van der Waals surface area contributed by atoms with Gasteiger partial charge in [-0.2, -0.15) is 0 Å². The van der Waals surface area contributed by atoms with Gasteiger partial charge >= 0.3 is 5.97 Å². The number of ether oxygens (including phenoxy) is 3. The predicted octanol–water partition coefficient (Wildman–Crippen LogP) is 4.74. The maximum absolute atomic E-state index is 12.5. The van der Waals surface area contributed by atoms with E-state index in [0.717, 1.165) is 0 Å². The molecular formula is C34H37NO8. The minimum absolute atomic E-state index is 0.0226. The van der Waals surface area contributed by atoms with E-state index >= 15 is 0 Å². The molecule has 226 valence electrons. The molecule has 4 unspecified atom stereocenters. The van der Waals surface area contributed by atoms with Gasteiger partial charge in [-0.15, -0.1) is 0 Å². The van der Waals surface area contributed by atoms with Crippen molar-refractivity contribution in [2.45, 2.75) is 50.4 Å². The lowest BCUT2D eigenvalue weighted by molar-refractivity contribution is -0.134. The average Bonchev–Trinajstić information content (AvgIpc) is 3.29. The number of nitrogens with one attached hydrogen (secondary N) is 1. The maximum atomic E-state index is 12.5. The van der Waals surface area contributed by atoms with Gasteiger partial charge in [0, 0.05) is 24.3 Å². The van der Waals surface area contributed by atoms with Crippen LogP contribution in [0.4, 0.5) is 5.69 Å². The van der Waals surface area contributed by atoms with E-state index in [2.05, 4.69) is 5.32 Å². The summed E-state index contributed by atoms with van der Waals surface area (Å²) in [4.78, 5) is 37.4. The molecule has 1 saturated carbocycles. The second-order valence-electron chi connectivity index (χ2n) is 10.3. The van der Waals surface area contributed by atoms with Crippen LogP contribution < -0.4 is 14.8 Å². The number of ketones is 1. The summed E-state index contributed by atoms with van der Waals surface area (Å²) < 4.78 is 16.8. The van der Waals surface area contributed by atoms with Crippen LogP contribution in [0.3, 0.4) is 0 Å². The highest BCUT2D eigenvalue weighted by atomic mass is 16.5. The van der Waals surface area contributed by atoms with Gasteiger partial charge in [-0.25, -0.2) is 0 Å². The predicted molar refractivity (Wildman–Crippen MR) is 161 cm³/mol. The van der Waals surface area contributed by atoms with E-state index in [1.807, 2.05) is 36.4 Å². The van der Waals surface area contributed by atoms with Crippen molar-refractivity contribution in [2.24, 2.45) is 5.92 Å². The van der Waals surface area contributed by atoms with Gasteiger partial charge in [0.15, 0.2) is 5.75 Å². The first-order chi connectivity index (χ1) is 20.9. The zero-order valence-electron chi connectivity index (χ0n) is 23.8. The van der Waals surface area contributed by atoms with Crippen molar-refractivity contribution >= 4 is 23.3 Å². The summed E-state index contributed by atoms with van der Waals surface area (Å²) in [6.45, 7) is -0.0279. The third-order valence-corrected chi connectivity index (χ3v) is 6.99. The SMILES string of the molecule is O=C(CC/C=C/CCC1C(=O)CC(O)C1OCC(O)COc1ccccc1)Oc1ccccc1NC(=O)c1ccccc1. The number of rotatable bonds is 15. The van der Waals surface area contributed by atoms with Gasteiger partial charge < -0.3 is 29.7 Å². The molecule has 1 fully saturated rings. The summed E-state index contributed by atoms with van der Waals surface area (Å²) >= 11 is 0. The van der Waals surface area contributed by atoms with Gasteiger partial charge in [0.1, 0.15) is 24.2 Å². The fourth-order valence-electron chi connectivity index (χ4n) is 4.79. The molecule has 0 aromatic heterocycles. The zero-order valence-corrected chi connectivity index (χ0v) is 23.8. The number of anilines is 1. The van der Waals surface area contributed by atoms with Gasteiger partial charge in [-0.05, 0) is 55.7 Å². The molecule has 0 saturated heterocycles. The number of esters is 1. The number of allylic oxidation sites excluding steroid dienone is 2. The number of amides is 1. The highest BCUT2D eigenvalue weighted by Gasteiger charge is 2.42. The maximum Gasteiger partial charge on any atom is 0.311 e. The highest BCUT2D eigenvalue weighted by Crippen LogP contribution is 2.30. The van der Waals surface area contributed by atoms with E-state index in [9.17, 15) is 24.6 Å². The Morgan fingerprint density at radius 1 is 0.907 bits per heavy atom. The largest absolute Gasteiger partial charge is 0.491 e. The number of carbonyl (C=O) groups excluding carboxylic acids is 3. The third-order valence-electron chi connectivity index (χ3n) is 6.99. The fraction of sp³-hybridized carbons (Fsp3) is 0.324. The summed E-state index contributed by atoms with van der Waals surface area (Å²) in [6, 6.07) is 24.6. The van der Waals surface area contributed by atoms with E-state index in [0.29, 0.717) is 36.3 Å². The van der Waals surface area contributed by atoms with Crippen LogP contribution >= 0.6 is 0 Å². The Balaban J connectivity index is 1.17. The molecule has 1 aliphatic rings. The first-order valence-electron chi connectivity index (χ1n) is 14.4. The van der Waals surface area contributed by atoms with Crippen molar-refractivity contribution in [2.75, 3.05) is 18.5 Å². The number of aliphatic hydroxyl groups excluding tert-OH is 2. The molecule has 0 heterocycles. The van der Waals surface area contributed by atoms with Crippen LogP contribution in [0.15, 0.2) is 97.1 Å². The van der Waals surface area contributed by atoms with E-state index in [1.54, 1.807) is 60.7 Å². The summed E-state index contributed by atoms with van der Waals surface area (Å²) in [5.74, 6) is -0.392. The fourth-order valence-corrected chi connectivity index (χ4v) is 4.79. The molecule has 3 aromatic rings. The quantitative estimate of drug-likeness (QED) is 0.132. The minimum atomic E-state index is -0.918. The van der Waals surface area contributed by atoms with Crippen LogP contribution in [-0.2, 0) is 14.3 Å². The number of carbonyl (C=O) groups is 3. The molecule has 3 aromatic carbocycles. The Kier molecular flexibility index (Phi) is 12.0. The standard InChI is InChI=1S/C34H37NO8/c36-25(22-41-26-15-7-4-8-16-26)23-42-33-27(29(37)21-30(33)38)17-9-1-2-10-20-32(39)43-31-19-12-11-18-28(31)35-34(40)24-13-5-3-6-14-24/h1-8,11-16,18-19,25,27,30,33,36,38H,9-10,17,20-23H2,(H,35,40)/b2-1+. The molecule has 9 heteroatoms. The highest BCUT2D eigenvalue weighted by molar-refractivity contribution is 6.05. The smallest absolute Gasteiger partial charge is 0.311 e. The third kappa shape index (κ3) is 9.89. The van der Waals surface area contributed by atoms with E-state index in [4.69, 9.17) is 14.2 Å². The molecule has 0 radical (unpaired) electrons. The summed E-state index contributed by atoms with van der Waals surface area (Å²) in [7, 11) is 0. The molecule has 4 atom stereocenters. The van der Waals surface area contributed by atoms with Gasteiger partial charge in [0.25, 0.3) is 5.91 Å². The number of Topliss-reactive ketones (excluding diaryl/α,β-unsaturated/α-hetero) is 1. The van der Waals surface area contributed by atoms with Crippen molar-refractivity contribution in [3.05, 3.63) is 103 Å². The number of aliphatic hydroxyl groups is 2. The molecular weight excluding hydrogens is 550 g/mol. The first-order valence-corrected chi connectivity index (χ1v) is 14.4. The number of hydrogen-bond donors (Lipinski definition) is 3. The molecule has 3 N–H and O–H groups in total. The van der Waals surface area contributed by atoms with Gasteiger partial charge in [-0.1, -0.05) is 60.7 Å².